The molecule has 3 nitrogen and oxygen atoms in total. The van der Waals surface area contributed by atoms with Gasteiger partial charge in [-0.2, -0.15) is 0 Å². The monoisotopic (exact) mass is 173 g/mol. The molecule has 0 rings (SSSR count). The summed E-state index contributed by atoms with van der Waals surface area (Å²) in [5.74, 6) is -0.0453. The Balaban J connectivity index is 3.58. The number of hydrogen-bond donors (Lipinski definition) is 2. The quantitative estimate of drug-likeness (QED) is 0.666. The summed E-state index contributed by atoms with van der Waals surface area (Å²) in [6.07, 6.45) is 0.257. The van der Waals surface area contributed by atoms with Gasteiger partial charge >= 0.3 is 0 Å². The van der Waals surface area contributed by atoms with Crippen molar-refractivity contribution in [2.75, 3.05) is 6.54 Å². The van der Waals surface area contributed by atoms with Gasteiger partial charge in [0.1, 0.15) is 0 Å². The van der Waals surface area contributed by atoms with Crippen LogP contribution in [-0.4, -0.2) is 23.7 Å². The van der Waals surface area contributed by atoms with Crippen molar-refractivity contribution in [2.24, 2.45) is 5.41 Å². The molecule has 0 aromatic heterocycles. The van der Waals surface area contributed by atoms with Gasteiger partial charge in [-0.1, -0.05) is 20.8 Å². The topological polar surface area (TPSA) is 49.3 Å². The van der Waals surface area contributed by atoms with Gasteiger partial charge in [0.2, 0.25) is 5.91 Å². The molecule has 2 N–H and O–H groups in total. The highest BCUT2D eigenvalue weighted by Gasteiger charge is 2.21. The number of aliphatic hydroxyl groups excluding tert-OH is 1. The summed E-state index contributed by atoms with van der Waals surface area (Å²) in [6, 6.07) is 0. The summed E-state index contributed by atoms with van der Waals surface area (Å²) in [5.41, 5.74) is -0.0987. The maximum absolute atomic E-state index is 10.5. The molecule has 0 fully saturated rings. The lowest BCUT2D eigenvalue weighted by molar-refractivity contribution is -0.119. The second-order valence-electron chi connectivity index (χ2n) is 4.15. The molecule has 3 heteroatoms. The van der Waals surface area contributed by atoms with E-state index in [1.165, 1.54) is 6.92 Å². The lowest BCUT2D eigenvalue weighted by atomic mass is 9.87. The molecule has 0 saturated carbocycles. The standard InChI is InChI=1S/C9H19NO2/c1-7(11)10-6-5-8(12)9(2,3)4/h8,12H,5-6H2,1-4H3,(H,10,11). The van der Waals surface area contributed by atoms with Crippen molar-refractivity contribution in [3.8, 4) is 0 Å². The number of hydrogen-bond acceptors (Lipinski definition) is 2. The third-order valence-corrected chi connectivity index (χ3v) is 1.79. The minimum absolute atomic E-state index is 0.0453. The fourth-order valence-electron chi connectivity index (χ4n) is 0.818. The van der Waals surface area contributed by atoms with E-state index in [-0.39, 0.29) is 17.4 Å². The number of carbonyl (C=O) groups excluding carboxylic acids is 1. The lowest BCUT2D eigenvalue weighted by Crippen LogP contribution is -2.31. The predicted octanol–water partition coefficient (Wildman–Crippen LogP) is 0.920. The highest BCUT2D eigenvalue weighted by molar-refractivity contribution is 5.72. The van der Waals surface area contributed by atoms with Gasteiger partial charge in [0, 0.05) is 13.5 Å². The zero-order valence-corrected chi connectivity index (χ0v) is 8.35. The Morgan fingerprint density at radius 1 is 1.50 bits per heavy atom. The summed E-state index contributed by atoms with van der Waals surface area (Å²) in [7, 11) is 0. The fraction of sp³-hybridized carbons (Fsp3) is 0.889. The molecule has 0 aromatic rings. The van der Waals surface area contributed by atoms with E-state index in [0.717, 1.165) is 0 Å². The Hall–Kier alpha value is -0.570. The van der Waals surface area contributed by atoms with Gasteiger partial charge in [-0.15, -0.1) is 0 Å². The van der Waals surface area contributed by atoms with E-state index in [1.54, 1.807) is 0 Å². The Morgan fingerprint density at radius 3 is 2.33 bits per heavy atom. The first-order valence-electron chi connectivity index (χ1n) is 4.26. The first-order valence-corrected chi connectivity index (χ1v) is 4.26. The molecular formula is C9H19NO2. The van der Waals surface area contributed by atoms with E-state index >= 15 is 0 Å². The van der Waals surface area contributed by atoms with Crippen molar-refractivity contribution in [1.29, 1.82) is 0 Å². The number of nitrogens with one attached hydrogen (secondary N) is 1. The van der Waals surface area contributed by atoms with Gasteiger partial charge in [-0.05, 0) is 11.8 Å². The van der Waals surface area contributed by atoms with Crippen molar-refractivity contribution in [2.45, 2.75) is 40.2 Å². The fourth-order valence-corrected chi connectivity index (χ4v) is 0.818. The molecule has 0 saturated heterocycles. The molecule has 0 aliphatic rings. The summed E-state index contributed by atoms with van der Waals surface area (Å²) in [6.45, 7) is 7.96. The van der Waals surface area contributed by atoms with Crippen LogP contribution in [0.25, 0.3) is 0 Å². The van der Waals surface area contributed by atoms with Crippen LogP contribution in [0.3, 0.4) is 0 Å². The predicted molar refractivity (Wildman–Crippen MR) is 48.8 cm³/mol. The van der Waals surface area contributed by atoms with Crippen molar-refractivity contribution in [1.82, 2.24) is 5.32 Å². The van der Waals surface area contributed by atoms with Crippen LogP contribution in [0.5, 0.6) is 0 Å². The molecule has 1 amide bonds. The highest BCUT2D eigenvalue weighted by Crippen LogP contribution is 2.20. The minimum Gasteiger partial charge on any atom is -0.393 e. The molecule has 0 radical (unpaired) electrons. The van der Waals surface area contributed by atoms with Crippen molar-refractivity contribution >= 4 is 5.91 Å². The first-order chi connectivity index (χ1) is 5.34. The first kappa shape index (κ1) is 11.4. The third kappa shape index (κ3) is 5.13. The molecule has 0 aliphatic carbocycles. The SMILES string of the molecule is CC(=O)NCCC(O)C(C)(C)C. The van der Waals surface area contributed by atoms with E-state index < -0.39 is 0 Å². The van der Waals surface area contributed by atoms with Crippen LogP contribution < -0.4 is 5.32 Å². The van der Waals surface area contributed by atoms with Gasteiger partial charge in [0.05, 0.1) is 6.10 Å². The van der Waals surface area contributed by atoms with E-state index in [9.17, 15) is 9.90 Å². The average Bonchev–Trinajstić information content (AvgIpc) is 1.84. The summed E-state index contributed by atoms with van der Waals surface area (Å²) in [4.78, 5) is 10.5. The van der Waals surface area contributed by atoms with Gasteiger partial charge in [-0.25, -0.2) is 0 Å². The molecule has 72 valence electrons. The molecular weight excluding hydrogens is 154 g/mol. The van der Waals surface area contributed by atoms with E-state index in [4.69, 9.17) is 0 Å². The normalized spacial score (nSPS) is 14.1. The summed E-state index contributed by atoms with van der Waals surface area (Å²) < 4.78 is 0. The smallest absolute Gasteiger partial charge is 0.216 e. The van der Waals surface area contributed by atoms with Gasteiger partial charge in [0.25, 0.3) is 0 Å². The molecule has 1 atom stereocenters. The molecule has 12 heavy (non-hydrogen) atoms. The Kier molecular flexibility index (Phi) is 4.24. The summed E-state index contributed by atoms with van der Waals surface area (Å²) >= 11 is 0. The second kappa shape index (κ2) is 4.45. The van der Waals surface area contributed by atoms with Crippen molar-refractivity contribution in [3.05, 3.63) is 0 Å². The van der Waals surface area contributed by atoms with Crippen LogP contribution >= 0.6 is 0 Å². The maximum Gasteiger partial charge on any atom is 0.216 e. The van der Waals surface area contributed by atoms with Crippen LogP contribution in [0.4, 0.5) is 0 Å². The van der Waals surface area contributed by atoms with Crippen LogP contribution in [0.15, 0.2) is 0 Å². The number of rotatable bonds is 3. The zero-order chi connectivity index (χ0) is 9.78. The minimum atomic E-state index is -0.357. The number of carbonyl (C=O) groups is 1. The van der Waals surface area contributed by atoms with E-state index in [1.807, 2.05) is 20.8 Å². The largest absolute Gasteiger partial charge is 0.393 e. The molecule has 0 heterocycles. The summed E-state index contributed by atoms with van der Waals surface area (Å²) in [5, 5.41) is 12.2. The van der Waals surface area contributed by atoms with Crippen molar-refractivity contribution in [3.63, 3.8) is 0 Å². The van der Waals surface area contributed by atoms with Gasteiger partial charge in [-0.3, -0.25) is 4.79 Å². The molecule has 1 unspecified atom stereocenters. The van der Waals surface area contributed by atoms with Crippen LogP contribution in [0.2, 0.25) is 0 Å². The van der Waals surface area contributed by atoms with Crippen LogP contribution in [0.1, 0.15) is 34.1 Å². The van der Waals surface area contributed by atoms with Crippen molar-refractivity contribution < 1.29 is 9.90 Å². The second-order valence-corrected chi connectivity index (χ2v) is 4.15. The molecule has 0 bridgehead atoms. The number of amides is 1. The van der Waals surface area contributed by atoms with Gasteiger partial charge < -0.3 is 10.4 Å². The Morgan fingerprint density at radius 2 is 2.00 bits per heavy atom. The maximum atomic E-state index is 10.5. The lowest BCUT2D eigenvalue weighted by Gasteiger charge is -2.25. The molecule has 0 aromatic carbocycles. The van der Waals surface area contributed by atoms with Gasteiger partial charge in [0.15, 0.2) is 0 Å². The number of aliphatic hydroxyl groups is 1. The Bertz CT molecular complexity index is 149. The van der Waals surface area contributed by atoms with E-state index in [2.05, 4.69) is 5.32 Å². The highest BCUT2D eigenvalue weighted by atomic mass is 16.3. The van der Waals surface area contributed by atoms with Crippen LogP contribution in [-0.2, 0) is 4.79 Å². The third-order valence-electron chi connectivity index (χ3n) is 1.79. The van der Waals surface area contributed by atoms with E-state index in [0.29, 0.717) is 13.0 Å². The Labute approximate surface area is 74.2 Å². The zero-order valence-electron chi connectivity index (χ0n) is 8.35. The molecule has 0 aliphatic heterocycles. The average molecular weight is 173 g/mol. The van der Waals surface area contributed by atoms with Crippen LogP contribution in [0, 0.1) is 5.41 Å². The molecule has 0 spiro atoms.